The number of nitrogens with one attached hydrogen (secondary N) is 1. The zero-order valence-corrected chi connectivity index (χ0v) is 13.8. The van der Waals surface area contributed by atoms with E-state index >= 15 is 0 Å². The first-order chi connectivity index (χ1) is 11.2. The fourth-order valence-electron chi connectivity index (χ4n) is 3.60. The van der Waals surface area contributed by atoms with Crippen molar-refractivity contribution in [2.75, 3.05) is 59.0 Å². The molecule has 0 atom stereocenters. The Morgan fingerprint density at radius 2 is 1.52 bits per heavy atom. The monoisotopic (exact) mass is 324 g/mol. The van der Waals surface area contributed by atoms with Crippen LogP contribution in [-0.2, 0) is 9.53 Å². The van der Waals surface area contributed by atoms with Gasteiger partial charge in [-0.15, -0.1) is 0 Å². The molecule has 0 aromatic rings. The zero-order chi connectivity index (χ0) is 16.1. The van der Waals surface area contributed by atoms with Crippen LogP contribution >= 0.6 is 0 Å². The molecule has 2 saturated heterocycles. The number of amides is 3. The Labute approximate surface area is 137 Å². The van der Waals surface area contributed by atoms with Crippen molar-refractivity contribution in [2.45, 2.75) is 31.7 Å². The highest BCUT2D eigenvalue weighted by atomic mass is 16.5. The fraction of sp³-hybridized carbons (Fsp3) is 0.875. The van der Waals surface area contributed by atoms with Gasteiger partial charge in [-0.1, -0.05) is 12.8 Å². The van der Waals surface area contributed by atoms with Crippen molar-refractivity contribution in [1.29, 1.82) is 0 Å². The van der Waals surface area contributed by atoms with Crippen LogP contribution in [0.2, 0.25) is 0 Å². The van der Waals surface area contributed by atoms with Crippen molar-refractivity contribution in [3.8, 4) is 0 Å². The van der Waals surface area contributed by atoms with Crippen molar-refractivity contribution >= 4 is 11.9 Å². The molecule has 3 fully saturated rings. The van der Waals surface area contributed by atoms with E-state index in [4.69, 9.17) is 4.74 Å². The maximum absolute atomic E-state index is 12.4. The van der Waals surface area contributed by atoms with Gasteiger partial charge < -0.3 is 19.9 Å². The zero-order valence-electron chi connectivity index (χ0n) is 13.8. The summed E-state index contributed by atoms with van der Waals surface area (Å²) in [5.74, 6) is 0.129. The molecule has 1 aliphatic carbocycles. The Kier molecular flexibility index (Phi) is 5.72. The number of morpholine rings is 1. The second-order valence-corrected chi connectivity index (χ2v) is 6.69. The standard InChI is InChI=1S/C16H28N4O3/c21-15(17-14-3-1-2-4-14)13-18-5-7-19(8-6-18)16(22)20-9-11-23-12-10-20/h14H,1-13H2,(H,17,21). The molecule has 7 nitrogen and oxygen atoms in total. The second-order valence-electron chi connectivity index (χ2n) is 6.69. The molecule has 2 heterocycles. The number of nitrogens with zero attached hydrogens (tertiary/aromatic N) is 3. The van der Waals surface area contributed by atoms with Gasteiger partial charge in [-0.25, -0.2) is 4.79 Å². The molecule has 0 aromatic carbocycles. The number of carbonyl (C=O) groups excluding carboxylic acids is 2. The van der Waals surface area contributed by atoms with E-state index < -0.39 is 0 Å². The number of hydrogen-bond acceptors (Lipinski definition) is 4. The van der Waals surface area contributed by atoms with E-state index in [1.54, 1.807) is 0 Å². The van der Waals surface area contributed by atoms with E-state index in [1.165, 1.54) is 12.8 Å². The summed E-state index contributed by atoms with van der Waals surface area (Å²) in [6, 6.07) is 0.495. The number of rotatable bonds is 3. The van der Waals surface area contributed by atoms with Gasteiger partial charge in [-0.05, 0) is 12.8 Å². The van der Waals surface area contributed by atoms with Crippen molar-refractivity contribution < 1.29 is 14.3 Å². The lowest BCUT2D eigenvalue weighted by Crippen LogP contribution is -2.56. The van der Waals surface area contributed by atoms with E-state index in [-0.39, 0.29) is 11.9 Å². The van der Waals surface area contributed by atoms with E-state index in [1.807, 2.05) is 9.80 Å². The molecule has 0 radical (unpaired) electrons. The second kappa shape index (κ2) is 7.97. The molecular weight excluding hydrogens is 296 g/mol. The Hall–Kier alpha value is -1.34. The molecule has 0 aromatic heterocycles. The molecule has 130 valence electrons. The average Bonchev–Trinajstić information content (AvgIpc) is 3.08. The van der Waals surface area contributed by atoms with Gasteiger partial charge >= 0.3 is 6.03 Å². The van der Waals surface area contributed by atoms with Gasteiger partial charge in [0.25, 0.3) is 0 Å². The summed E-state index contributed by atoms with van der Waals surface area (Å²) in [4.78, 5) is 30.4. The van der Waals surface area contributed by atoms with Crippen LogP contribution in [0.25, 0.3) is 0 Å². The molecule has 7 heteroatoms. The van der Waals surface area contributed by atoms with Crippen LogP contribution in [-0.4, -0.2) is 91.7 Å². The van der Waals surface area contributed by atoms with Crippen LogP contribution in [0, 0.1) is 0 Å². The van der Waals surface area contributed by atoms with Gasteiger partial charge in [0.2, 0.25) is 5.91 Å². The Morgan fingerprint density at radius 3 is 2.17 bits per heavy atom. The van der Waals surface area contributed by atoms with E-state index in [0.717, 1.165) is 25.9 Å². The highest BCUT2D eigenvalue weighted by molar-refractivity contribution is 5.78. The highest BCUT2D eigenvalue weighted by Crippen LogP contribution is 2.17. The van der Waals surface area contributed by atoms with Gasteiger partial charge in [0.15, 0.2) is 0 Å². The smallest absolute Gasteiger partial charge is 0.320 e. The third-order valence-corrected chi connectivity index (χ3v) is 5.01. The lowest BCUT2D eigenvalue weighted by atomic mass is 10.2. The predicted molar refractivity (Wildman–Crippen MR) is 86.2 cm³/mol. The van der Waals surface area contributed by atoms with E-state index in [9.17, 15) is 9.59 Å². The first-order valence-corrected chi connectivity index (χ1v) is 8.86. The van der Waals surface area contributed by atoms with Crippen molar-refractivity contribution in [3.05, 3.63) is 0 Å². The third-order valence-electron chi connectivity index (χ3n) is 5.01. The summed E-state index contributed by atoms with van der Waals surface area (Å²) in [6.07, 6.45) is 4.70. The molecule has 0 bridgehead atoms. The molecule has 3 amide bonds. The van der Waals surface area contributed by atoms with Gasteiger partial charge in [0.05, 0.1) is 19.8 Å². The molecule has 3 rings (SSSR count). The van der Waals surface area contributed by atoms with Crippen LogP contribution < -0.4 is 5.32 Å². The number of carbonyl (C=O) groups is 2. The number of ether oxygens (including phenoxy) is 1. The van der Waals surface area contributed by atoms with E-state index in [2.05, 4.69) is 10.2 Å². The summed E-state index contributed by atoms with van der Waals surface area (Å²) in [6.45, 7) is 6.03. The third kappa shape index (κ3) is 4.57. The number of hydrogen-bond donors (Lipinski definition) is 1. The molecule has 1 saturated carbocycles. The summed E-state index contributed by atoms with van der Waals surface area (Å²) >= 11 is 0. The average molecular weight is 324 g/mol. The Bertz CT molecular complexity index is 412. The van der Waals surface area contributed by atoms with Crippen LogP contribution in [0.3, 0.4) is 0 Å². The van der Waals surface area contributed by atoms with Crippen LogP contribution in [0.1, 0.15) is 25.7 Å². The molecular formula is C16H28N4O3. The molecule has 1 N–H and O–H groups in total. The van der Waals surface area contributed by atoms with Crippen LogP contribution in [0.4, 0.5) is 4.79 Å². The van der Waals surface area contributed by atoms with Crippen LogP contribution in [0.5, 0.6) is 0 Å². The summed E-state index contributed by atoms with van der Waals surface area (Å²) in [5, 5.41) is 3.13. The maximum Gasteiger partial charge on any atom is 0.320 e. The minimum absolute atomic E-state index is 0.114. The number of urea groups is 1. The molecule has 0 spiro atoms. The summed E-state index contributed by atoms with van der Waals surface area (Å²) < 4.78 is 5.29. The van der Waals surface area contributed by atoms with Gasteiger partial charge in [0, 0.05) is 45.3 Å². The molecule has 3 aliphatic rings. The SMILES string of the molecule is O=C(CN1CCN(C(=O)N2CCOCC2)CC1)NC1CCCC1. The van der Waals surface area contributed by atoms with Gasteiger partial charge in [0.1, 0.15) is 0 Å². The molecule has 2 aliphatic heterocycles. The Balaban J connectivity index is 1.37. The predicted octanol–water partition coefficient (Wildman–Crippen LogP) is 0.115. The molecule has 0 unspecified atom stereocenters. The highest BCUT2D eigenvalue weighted by Gasteiger charge is 2.27. The first-order valence-electron chi connectivity index (χ1n) is 8.86. The van der Waals surface area contributed by atoms with Crippen molar-refractivity contribution in [2.24, 2.45) is 0 Å². The maximum atomic E-state index is 12.4. The van der Waals surface area contributed by atoms with Gasteiger partial charge in [-0.2, -0.15) is 0 Å². The minimum Gasteiger partial charge on any atom is -0.378 e. The lowest BCUT2D eigenvalue weighted by molar-refractivity contribution is -0.123. The van der Waals surface area contributed by atoms with Gasteiger partial charge in [-0.3, -0.25) is 9.69 Å². The quantitative estimate of drug-likeness (QED) is 0.801. The number of piperazine rings is 1. The first kappa shape index (κ1) is 16.5. The molecule has 23 heavy (non-hydrogen) atoms. The van der Waals surface area contributed by atoms with E-state index in [0.29, 0.717) is 52.0 Å². The minimum atomic E-state index is 0.114. The fourth-order valence-corrected chi connectivity index (χ4v) is 3.60. The summed E-state index contributed by atoms with van der Waals surface area (Å²) in [5.41, 5.74) is 0. The largest absolute Gasteiger partial charge is 0.378 e. The normalized spacial score (nSPS) is 24.0. The van der Waals surface area contributed by atoms with Crippen molar-refractivity contribution in [1.82, 2.24) is 20.0 Å². The lowest BCUT2D eigenvalue weighted by Gasteiger charge is -2.38. The Morgan fingerprint density at radius 1 is 0.913 bits per heavy atom. The topological polar surface area (TPSA) is 65.1 Å². The summed E-state index contributed by atoms with van der Waals surface area (Å²) in [7, 11) is 0. The van der Waals surface area contributed by atoms with Crippen LogP contribution in [0.15, 0.2) is 0 Å². The van der Waals surface area contributed by atoms with Crippen molar-refractivity contribution in [3.63, 3.8) is 0 Å².